The Morgan fingerprint density at radius 1 is 1.03 bits per heavy atom. The van der Waals surface area contributed by atoms with Crippen molar-refractivity contribution in [2.75, 3.05) is 16.8 Å². The predicted molar refractivity (Wildman–Crippen MR) is 120 cm³/mol. The molecule has 1 aromatic heterocycles. The van der Waals surface area contributed by atoms with Gasteiger partial charge < -0.3 is 15.0 Å². The fourth-order valence-electron chi connectivity index (χ4n) is 2.90. The van der Waals surface area contributed by atoms with Crippen LogP contribution in [0.4, 0.5) is 28.7 Å². The summed E-state index contributed by atoms with van der Waals surface area (Å²) >= 11 is 0. The minimum absolute atomic E-state index is 0.0822. The second kappa shape index (κ2) is 9.25. The average molecular weight is 420 g/mol. The van der Waals surface area contributed by atoms with E-state index in [9.17, 15) is 14.9 Å². The molecule has 0 atom stereocenters. The number of carbonyl (C=O) groups excluding carboxylic acids is 1. The summed E-state index contributed by atoms with van der Waals surface area (Å²) in [7, 11) is 0. The second-order valence-electron chi connectivity index (χ2n) is 7.79. The van der Waals surface area contributed by atoms with Crippen molar-refractivity contribution in [1.29, 1.82) is 0 Å². The van der Waals surface area contributed by atoms with E-state index in [1.807, 2.05) is 48.5 Å². The number of nitro groups is 1. The molecular weight excluding hydrogens is 396 g/mol. The first kappa shape index (κ1) is 21.8. The number of aromatic nitrogens is 1. The van der Waals surface area contributed by atoms with E-state index < -0.39 is 16.5 Å². The molecule has 0 saturated carbocycles. The maximum atomic E-state index is 12.6. The Balaban J connectivity index is 2.00. The van der Waals surface area contributed by atoms with Crippen LogP contribution in [0.15, 0.2) is 72.8 Å². The number of carbonyl (C=O) groups is 1. The van der Waals surface area contributed by atoms with Crippen LogP contribution in [-0.2, 0) is 9.53 Å². The van der Waals surface area contributed by atoms with Gasteiger partial charge in [-0.05, 0) is 51.1 Å². The maximum absolute atomic E-state index is 12.6. The number of rotatable bonds is 7. The highest BCUT2D eigenvalue weighted by Crippen LogP contribution is 2.31. The van der Waals surface area contributed by atoms with Crippen molar-refractivity contribution in [3.05, 3.63) is 82.9 Å². The van der Waals surface area contributed by atoms with Crippen LogP contribution in [0.1, 0.15) is 20.8 Å². The molecule has 3 rings (SSSR count). The van der Waals surface area contributed by atoms with Crippen LogP contribution in [0, 0.1) is 10.1 Å². The summed E-state index contributed by atoms with van der Waals surface area (Å²) in [6.45, 7) is 5.29. The van der Waals surface area contributed by atoms with Crippen LogP contribution in [0.25, 0.3) is 0 Å². The Kier molecular flexibility index (Phi) is 6.49. The third-order valence-electron chi connectivity index (χ3n) is 4.14. The minimum atomic E-state index is -0.637. The van der Waals surface area contributed by atoms with Crippen molar-refractivity contribution >= 4 is 34.7 Å². The van der Waals surface area contributed by atoms with Crippen molar-refractivity contribution in [3.63, 3.8) is 0 Å². The van der Waals surface area contributed by atoms with Gasteiger partial charge in [0.05, 0.1) is 4.92 Å². The Bertz CT molecular complexity index is 1050. The van der Waals surface area contributed by atoms with E-state index in [1.165, 1.54) is 12.1 Å². The van der Waals surface area contributed by atoms with E-state index in [2.05, 4.69) is 10.3 Å². The second-order valence-corrected chi connectivity index (χ2v) is 7.79. The molecule has 1 N–H and O–H groups in total. The molecular formula is C23H24N4O4. The molecule has 0 saturated heterocycles. The van der Waals surface area contributed by atoms with Crippen molar-refractivity contribution in [1.82, 2.24) is 4.98 Å². The van der Waals surface area contributed by atoms with Gasteiger partial charge in [-0.3, -0.25) is 14.9 Å². The third kappa shape index (κ3) is 6.02. The highest BCUT2D eigenvalue weighted by atomic mass is 16.6. The van der Waals surface area contributed by atoms with Crippen molar-refractivity contribution in [3.8, 4) is 0 Å². The average Bonchev–Trinajstić information content (AvgIpc) is 2.72. The molecule has 1 heterocycles. The number of ether oxygens (including phenoxy) is 1. The topological polar surface area (TPSA) is 97.6 Å². The number of para-hydroxylation sites is 2. The first-order valence-electron chi connectivity index (χ1n) is 9.75. The summed E-state index contributed by atoms with van der Waals surface area (Å²) in [6, 6.07) is 21.1. The number of benzene rings is 2. The summed E-state index contributed by atoms with van der Waals surface area (Å²) in [5.74, 6) is 0.0222. The zero-order valence-electron chi connectivity index (χ0n) is 17.6. The van der Waals surface area contributed by atoms with Crippen LogP contribution in [-0.4, -0.2) is 28.0 Å². The first-order chi connectivity index (χ1) is 14.7. The molecule has 0 unspecified atom stereocenters. The molecule has 160 valence electrons. The number of nitrogens with one attached hydrogen (secondary N) is 1. The number of hydrogen-bond donors (Lipinski definition) is 1. The largest absolute Gasteiger partial charge is 0.459 e. The fourth-order valence-corrected chi connectivity index (χ4v) is 2.90. The molecule has 0 fully saturated rings. The van der Waals surface area contributed by atoms with Crippen LogP contribution in [0.5, 0.6) is 0 Å². The molecule has 0 aliphatic carbocycles. The number of anilines is 4. The van der Waals surface area contributed by atoms with Gasteiger partial charge in [-0.2, -0.15) is 0 Å². The van der Waals surface area contributed by atoms with Gasteiger partial charge in [-0.1, -0.05) is 36.4 Å². The van der Waals surface area contributed by atoms with E-state index in [4.69, 9.17) is 4.74 Å². The molecule has 8 nitrogen and oxygen atoms in total. The van der Waals surface area contributed by atoms with Crippen molar-refractivity contribution < 1.29 is 14.5 Å². The SMILES string of the molecule is CC(C)(C)OC(=O)CN(c1ccccc1)c1ccc([N+](=O)[O-])c(Nc2ccccc2)n1. The zero-order chi connectivity index (χ0) is 22.4. The van der Waals surface area contributed by atoms with Gasteiger partial charge in [0.25, 0.3) is 0 Å². The first-order valence-corrected chi connectivity index (χ1v) is 9.75. The molecule has 8 heteroatoms. The monoisotopic (exact) mass is 420 g/mol. The Hall–Kier alpha value is -3.94. The molecule has 0 spiro atoms. The molecule has 0 amide bonds. The number of nitrogens with zero attached hydrogens (tertiary/aromatic N) is 3. The highest BCUT2D eigenvalue weighted by molar-refractivity contribution is 5.80. The van der Waals surface area contributed by atoms with Crippen LogP contribution in [0.3, 0.4) is 0 Å². The van der Waals surface area contributed by atoms with E-state index >= 15 is 0 Å². The minimum Gasteiger partial charge on any atom is -0.459 e. The third-order valence-corrected chi connectivity index (χ3v) is 4.14. The molecule has 0 aliphatic heterocycles. The van der Waals surface area contributed by atoms with Gasteiger partial charge in [-0.25, -0.2) is 4.98 Å². The lowest BCUT2D eigenvalue weighted by Gasteiger charge is -2.26. The number of esters is 1. The predicted octanol–water partition coefficient (Wildman–Crippen LogP) is 5.21. The lowest BCUT2D eigenvalue weighted by atomic mass is 10.2. The standard InChI is InChI=1S/C23H24N4O4/c1-23(2,3)31-21(28)16-26(18-12-8-5-9-13-18)20-15-14-19(27(29)30)22(25-20)24-17-10-6-4-7-11-17/h4-15H,16H2,1-3H3,(H,24,25). The quantitative estimate of drug-likeness (QED) is 0.318. The van der Waals surface area contributed by atoms with E-state index in [-0.39, 0.29) is 18.1 Å². The lowest BCUT2D eigenvalue weighted by Crippen LogP contribution is -2.33. The van der Waals surface area contributed by atoms with Crippen LogP contribution in [0.2, 0.25) is 0 Å². The van der Waals surface area contributed by atoms with Crippen molar-refractivity contribution in [2.45, 2.75) is 26.4 Å². The molecule has 3 aromatic rings. The number of pyridine rings is 1. The maximum Gasteiger partial charge on any atom is 0.326 e. The van der Waals surface area contributed by atoms with E-state index in [1.54, 1.807) is 37.8 Å². The summed E-state index contributed by atoms with van der Waals surface area (Å²) in [6.07, 6.45) is 0. The van der Waals surface area contributed by atoms with Crippen LogP contribution < -0.4 is 10.2 Å². The summed E-state index contributed by atoms with van der Waals surface area (Å²) in [5, 5.41) is 14.5. The summed E-state index contributed by atoms with van der Waals surface area (Å²) < 4.78 is 5.47. The Morgan fingerprint density at radius 3 is 2.23 bits per heavy atom. The van der Waals surface area contributed by atoms with Crippen LogP contribution >= 0.6 is 0 Å². The normalized spacial score (nSPS) is 10.9. The molecule has 0 aliphatic rings. The molecule has 2 aromatic carbocycles. The van der Waals surface area contributed by atoms with Crippen molar-refractivity contribution in [2.24, 2.45) is 0 Å². The molecule has 0 bridgehead atoms. The zero-order valence-corrected chi connectivity index (χ0v) is 17.6. The van der Waals surface area contributed by atoms with Gasteiger partial charge in [0, 0.05) is 17.4 Å². The van der Waals surface area contributed by atoms with Gasteiger partial charge >= 0.3 is 11.7 Å². The smallest absolute Gasteiger partial charge is 0.326 e. The van der Waals surface area contributed by atoms with Gasteiger partial charge in [0.1, 0.15) is 18.0 Å². The van der Waals surface area contributed by atoms with Gasteiger partial charge in [0.2, 0.25) is 5.82 Å². The summed E-state index contributed by atoms with van der Waals surface area (Å²) in [4.78, 5) is 29.7. The lowest BCUT2D eigenvalue weighted by molar-refractivity contribution is -0.384. The fraction of sp³-hybridized carbons (Fsp3) is 0.217. The van der Waals surface area contributed by atoms with E-state index in [0.717, 1.165) is 0 Å². The van der Waals surface area contributed by atoms with Gasteiger partial charge in [-0.15, -0.1) is 0 Å². The molecule has 31 heavy (non-hydrogen) atoms. The van der Waals surface area contributed by atoms with Gasteiger partial charge in [0.15, 0.2) is 0 Å². The molecule has 0 radical (unpaired) electrons. The number of hydrogen-bond acceptors (Lipinski definition) is 7. The Labute approximate surface area is 180 Å². The van der Waals surface area contributed by atoms with E-state index in [0.29, 0.717) is 17.2 Å². The Morgan fingerprint density at radius 2 is 1.65 bits per heavy atom. The summed E-state index contributed by atoms with van der Waals surface area (Å²) in [5.41, 5.74) is 0.564. The highest BCUT2D eigenvalue weighted by Gasteiger charge is 2.24.